The minimum Gasteiger partial charge on any atom is -1.00 e. The summed E-state index contributed by atoms with van der Waals surface area (Å²) in [7, 11) is 4.47. The van der Waals surface area contributed by atoms with Gasteiger partial charge in [-0.2, -0.15) is 0 Å². The Morgan fingerprint density at radius 1 is 0.889 bits per heavy atom. The molecule has 1 heterocycles. The third kappa shape index (κ3) is 7.59. The van der Waals surface area contributed by atoms with Crippen LogP contribution in [-0.4, -0.2) is 43.3 Å². The number of hydrogen-bond donors (Lipinski definition) is 1. The molecule has 3 aromatic rings. The van der Waals surface area contributed by atoms with Crippen molar-refractivity contribution in [1.29, 1.82) is 0 Å². The molecule has 0 aliphatic carbocycles. The topological polar surface area (TPSA) is 53.7 Å². The zero-order chi connectivity index (χ0) is 25.4. The summed E-state index contributed by atoms with van der Waals surface area (Å²) in [4.78, 5) is 15.3. The van der Waals surface area contributed by atoms with Crippen LogP contribution in [-0.2, 0) is 6.54 Å². The van der Waals surface area contributed by atoms with Gasteiger partial charge in [0.15, 0.2) is 5.76 Å². The molecule has 0 bridgehead atoms. The molecule has 0 saturated heterocycles. The van der Waals surface area contributed by atoms with Crippen molar-refractivity contribution in [2.45, 2.75) is 65.8 Å². The fraction of sp³-hybridized carbons (Fsp3) is 0.500. The molecule has 198 valence electrons. The molecule has 0 amide bonds. The molecule has 0 aliphatic heterocycles. The average molecular weight is 560 g/mol. The minimum absolute atomic E-state index is 0. The predicted molar refractivity (Wildman–Crippen MR) is 147 cm³/mol. The van der Waals surface area contributed by atoms with Gasteiger partial charge in [-0.15, -0.1) is 0 Å². The van der Waals surface area contributed by atoms with Crippen LogP contribution in [0.3, 0.4) is 0 Å². The molecule has 1 N–H and O–H groups in total. The summed E-state index contributed by atoms with van der Waals surface area (Å²) in [6.07, 6.45) is 7.73. The largest absolute Gasteiger partial charge is 1.00 e. The van der Waals surface area contributed by atoms with Crippen LogP contribution in [0.15, 0.2) is 51.7 Å². The number of fused-ring (bicyclic) bond motifs is 1. The maximum atomic E-state index is 13.1. The Bertz CT molecular complexity index is 1150. The van der Waals surface area contributed by atoms with Gasteiger partial charge in [-0.05, 0) is 69.2 Å². The molecule has 0 saturated carbocycles. The minimum atomic E-state index is -0.378. The Labute approximate surface area is 227 Å². The number of hydrogen-bond acceptors (Lipinski definition) is 4. The first-order chi connectivity index (χ1) is 16.8. The van der Waals surface area contributed by atoms with Crippen molar-refractivity contribution < 1.29 is 31.0 Å². The van der Waals surface area contributed by atoms with Crippen LogP contribution in [0, 0.1) is 0 Å². The first-order valence-corrected chi connectivity index (χ1v) is 13.3. The highest BCUT2D eigenvalue weighted by atomic mass is 79.9. The van der Waals surface area contributed by atoms with E-state index in [4.69, 9.17) is 4.42 Å². The smallest absolute Gasteiger partial charge is 0.235 e. The quantitative estimate of drug-likeness (QED) is 0.255. The monoisotopic (exact) mass is 558 g/mol. The maximum Gasteiger partial charge on any atom is 0.235 e. The predicted octanol–water partition coefficient (Wildman–Crippen LogP) is 3.95. The summed E-state index contributed by atoms with van der Waals surface area (Å²) in [6, 6.07) is 13.6. The van der Waals surface area contributed by atoms with E-state index in [1.165, 1.54) is 38.5 Å². The van der Waals surface area contributed by atoms with E-state index in [0.29, 0.717) is 16.5 Å². The van der Waals surface area contributed by atoms with Crippen molar-refractivity contribution in [1.82, 2.24) is 0 Å². The molecule has 36 heavy (non-hydrogen) atoms. The molecule has 0 fully saturated rings. The van der Waals surface area contributed by atoms with E-state index >= 15 is 0 Å². The van der Waals surface area contributed by atoms with E-state index in [9.17, 15) is 9.90 Å². The third-order valence-electron chi connectivity index (χ3n) is 6.92. The van der Waals surface area contributed by atoms with E-state index < -0.39 is 0 Å². The summed E-state index contributed by atoms with van der Waals surface area (Å²) < 4.78 is 6.91. The third-order valence-corrected chi connectivity index (χ3v) is 6.92. The molecule has 2 aromatic carbocycles. The van der Waals surface area contributed by atoms with Gasteiger partial charge >= 0.3 is 0 Å². The molecular weight excluding hydrogens is 516 g/mol. The molecule has 6 heteroatoms. The lowest BCUT2D eigenvalue weighted by atomic mass is 10.1. The number of anilines is 1. The summed E-state index contributed by atoms with van der Waals surface area (Å²) in [6.45, 7) is 10.3. The molecule has 0 aliphatic rings. The Morgan fingerprint density at radius 3 is 2.17 bits per heavy atom. The molecular formula is C30H43BrN2O3. The maximum absolute atomic E-state index is 13.1. The molecule has 0 spiro atoms. The molecule has 0 radical (unpaired) electrons. The van der Waals surface area contributed by atoms with Gasteiger partial charge in [-0.25, -0.2) is 0 Å². The molecule has 5 nitrogen and oxygen atoms in total. The number of halogens is 1. The normalized spacial score (nSPS) is 11.5. The second-order valence-corrected chi connectivity index (χ2v) is 10.2. The Hall–Kier alpha value is -2.31. The van der Waals surface area contributed by atoms with Crippen LogP contribution in [0.25, 0.3) is 22.3 Å². The number of quaternary nitrogens is 1. The highest BCUT2D eigenvalue weighted by Gasteiger charge is 2.19. The van der Waals surface area contributed by atoms with Gasteiger partial charge < -0.3 is 35.9 Å². The zero-order valence-corrected chi connectivity index (χ0v) is 24.2. The lowest BCUT2D eigenvalue weighted by Gasteiger charge is -2.30. The van der Waals surface area contributed by atoms with Crippen LogP contribution in [0.2, 0.25) is 0 Å². The SMILES string of the molecule is CCCCCCCC[N+](C)(C)Cc1ccc2oc(-c3ccc(N(CC)CC)cc3)c(O)c(=O)c2c1.[Br-]. The lowest BCUT2D eigenvalue weighted by Crippen LogP contribution is -3.00. The van der Waals surface area contributed by atoms with Crippen LogP contribution in [0.4, 0.5) is 5.69 Å². The number of aromatic hydroxyl groups is 1. The highest BCUT2D eigenvalue weighted by Crippen LogP contribution is 2.32. The van der Waals surface area contributed by atoms with Gasteiger partial charge in [-0.3, -0.25) is 4.79 Å². The van der Waals surface area contributed by atoms with Crippen molar-refractivity contribution in [2.24, 2.45) is 0 Å². The standard InChI is InChI=1S/C30H42N2O3.BrH/c1-6-9-10-11-12-13-20-32(4,5)22-23-14-19-27-26(21-23)28(33)29(34)30(35-27)24-15-17-25(18-16-24)31(7-2)8-3;/h14-19,21H,6-13,20,22H2,1-5H3;1H. The number of rotatable bonds is 13. The fourth-order valence-electron chi connectivity index (χ4n) is 4.83. The van der Waals surface area contributed by atoms with Crippen LogP contribution in [0.1, 0.15) is 64.9 Å². The molecule has 0 unspecified atom stereocenters. The zero-order valence-electron chi connectivity index (χ0n) is 22.6. The summed E-state index contributed by atoms with van der Waals surface area (Å²) in [5.41, 5.74) is 3.00. The van der Waals surface area contributed by atoms with E-state index in [0.717, 1.165) is 41.9 Å². The average Bonchev–Trinajstić information content (AvgIpc) is 2.85. The van der Waals surface area contributed by atoms with Gasteiger partial charge in [0, 0.05) is 29.9 Å². The first-order valence-electron chi connectivity index (χ1n) is 13.3. The van der Waals surface area contributed by atoms with Gasteiger partial charge in [0.2, 0.25) is 11.2 Å². The Balaban J connectivity index is 0.00000456. The van der Waals surface area contributed by atoms with Gasteiger partial charge in [-0.1, -0.05) is 32.6 Å². The molecule has 1 aromatic heterocycles. The van der Waals surface area contributed by atoms with Crippen molar-refractivity contribution >= 4 is 16.7 Å². The number of unbranched alkanes of at least 4 members (excludes halogenated alkanes) is 5. The first kappa shape index (κ1) is 29.9. The summed E-state index contributed by atoms with van der Waals surface area (Å²) in [5, 5.41) is 11.2. The number of benzene rings is 2. The van der Waals surface area contributed by atoms with E-state index in [1.807, 2.05) is 42.5 Å². The lowest BCUT2D eigenvalue weighted by molar-refractivity contribution is -0.903. The van der Waals surface area contributed by atoms with Crippen LogP contribution >= 0.6 is 0 Å². The summed E-state index contributed by atoms with van der Waals surface area (Å²) >= 11 is 0. The van der Waals surface area contributed by atoms with Crippen LogP contribution in [0.5, 0.6) is 5.75 Å². The van der Waals surface area contributed by atoms with Crippen LogP contribution < -0.4 is 27.3 Å². The second kappa shape index (κ2) is 13.8. The van der Waals surface area contributed by atoms with E-state index in [2.05, 4.69) is 39.8 Å². The van der Waals surface area contributed by atoms with Gasteiger partial charge in [0.1, 0.15) is 12.1 Å². The van der Waals surface area contributed by atoms with E-state index in [1.54, 1.807) is 0 Å². The Morgan fingerprint density at radius 2 is 1.53 bits per heavy atom. The fourth-order valence-corrected chi connectivity index (χ4v) is 4.83. The van der Waals surface area contributed by atoms with Gasteiger partial charge in [0.25, 0.3) is 0 Å². The van der Waals surface area contributed by atoms with Gasteiger partial charge in [0.05, 0.1) is 26.0 Å². The highest BCUT2D eigenvalue weighted by molar-refractivity contribution is 5.82. The summed E-state index contributed by atoms with van der Waals surface area (Å²) in [5.74, 6) is -0.105. The number of nitrogens with zero attached hydrogens (tertiary/aromatic N) is 2. The van der Waals surface area contributed by atoms with Crippen molar-refractivity contribution in [3.8, 4) is 17.1 Å². The molecule has 0 atom stereocenters. The Kier molecular flexibility index (Phi) is 11.5. The van der Waals surface area contributed by atoms with Crippen molar-refractivity contribution in [2.75, 3.05) is 38.6 Å². The van der Waals surface area contributed by atoms with E-state index in [-0.39, 0.29) is 33.9 Å². The second-order valence-electron chi connectivity index (χ2n) is 10.2. The van der Waals surface area contributed by atoms with Crippen molar-refractivity contribution in [3.63, 3.8) is 0 Å². The van der Waals surface area contributed by atoms with Crippen molar-refractivity contribution in [3.05, 3.63) is 58.3 Å². The molecule has 3 rings (SSSR count).